The van der Waals surface area contributed by atoms with Crippen molar-refractivity contribution in [3.63, 3.8) is 0 Å². The SMILES string of the molecule is COc1ccc(C2=CCN(S(=O)(=O)c3ccc([N+](=O)[O-])cc3)[C@@H](Cc3ccccc3)C(=O)N2)cc1. The van der Waals surface area contributed by atoms with Crippen molar-refractivity contribution in [2.45, 2.75) is 17.4 Å². The molecule has 10 heteroatoms. The summed E-state index contributed by atoms with van der Waals surface area (Å²) in [5.74, 6) is 0.178. The van der Waals surface area contributed by atoms with Crippen molar-refractivity contribution >= 4 is 27.3 Å². The molecule has 4 rings (SSSR count). The van der Waals surface area contributed by atoms with Crippen molar-refractivity contribution in [2.75, 3.05) is 13.7 Å². The van der Waals surface area contributed by atoms with E-state index in [9.17, 15) is 23.3 Å². The van der Waals surface area contributed by atoms with Gasteiger partial charge in [0.15, 0.2) is 0 Å². The lowest BCUT2D eigenvalue weighted by atomic mass is 10.1. The first-order valence-electron chi connectivity index (χ1n) is 10.8. The van der Waals surface area contributed by atoms with E-state index < -0.39 is 26.9 Å². The third-order valence-corrected chi connectivity index (χ3v) is 7.60. The van der Waals surface area contributed by atoms with Crippen LogP contribution in [0.2, 0.25) is 0 Å². The Morgan fingerprint density at radius 3 is 2.29 bits per heavy atom. The average Bonchev–Trinajstić information content (AvgIpc) is 3.04. The van der Waals surface area contributed by atoms with Gasteiger partial charge in [0.2, 0.25) is 15.9 Å². The number of amides is 1. The molecular formula is C25H23N3O6S. The van der Waals surface area contributed by atoms with Crippen LogP contribution in [-0.4, -0.2) is 43.2 Å². The molecule has 0 radical (unpaired) electrons. The van der Waals surface area contributed by atoms with Gasteiger partial charge in [0.1, 0.15) is 11.8 Å². The minimum absolute atomic E-state index is 0.0725. The number of nitro groups is 1. The zero-order valence-corrected chi connectivity index (χ0v) is 19.6. The van der Waals surface area contributed by atoms with Gasteiger partial charge in [0.05, 0.1) is 16.9 Å². The van der Waals surface area contributed by atoms with Gasteiger partial charge >= 0.3 is 0 Å². The Kier molecular flexibility index (Phi) is 6.94. The molecule has 35 heavy (non-hydrogen) atoms. The smallest absolute Gasteiger partial charge is 0.269 e. The fourth-order valence-corrected chi connectivity index (χ4v) is 5.37. The molecule has 0 fully saturated rings. The molecule has 3 aromatic rings. The maximum Gasteiger partial charge on any atom is 0.269 e. The van der Waals surface area contributed by atoms with E-state index in [1.165, 1.54) is 12.1 Å². The molecule has 1 aliphatic heterocycles. The van der Waals surface area contributed by atoms with E-state index in [0.717, 1.165) is 22.0 Å². The number of nitrogens with one attached hydrogen (secondary N) is 1. The van der Waals surface area contributed by atoms with Gasteiger partial charge in [-0.25, -0.2) is 8.42 Å². The van der Waals surface area contributed by atoms with E-state index in [4.69, 9.17) is 4.74 Å². The number of carbonyl (C=O) groups excluding carboxylic acids is 1. The fourth-order valence-electron chi connectivity index (χ4n) is 3.84. The zero-order chi connectivity index (χ0) is 25.0. The number of ether oxygens (including phenoxy) is 1. The summed E-state index contributed by atoms with van der Waals surface area (Å²) in [4.78, 5) is 23.7. The Morgan fingerprint density at radius 2 is 1.69 bits per heavy atom. The van der Waals surface area contributed by atoms with Gasteiger partial charge in [-0.3, -0.25) is 14.9 Å². The molecule has 1 heterocycles. The summed E-state index contributed by atoms with van der Waals surface area (Å²) in [6.07, 6.45) is 1.80. The Hall–Kier alpha value is -4.02. The van der Waals surface area contributed by atoms with E-state index in [0.29, 0.717) is 17.0 Å². The quantitative estimate of drug-likeness (QED) is 0.398. The van der Waals surface area contributed by atoms with Crippen molar-refractivity contribution < 1.29 is 22.9 Å². The predicted octanol–water partition coefficient (Wildman–Crippen LogP) is 3.38. The highest BCUT2D eigenvalue weighted by atomic mass is 32.2. The summed E-state index contributed by atoms with van der Waals surface area (Å²) in [5, 5.41) is 13.9. The normalized spacial score (nSPS) is 16.7. The molecule has 0 aliphatic carbocycles. The average molecular weight is 494 g/mol. The second-order valence-corrected chi connectivity index (χ2v) is 9.76. The molecule has 1 N–H and O–H groups in total. The number of hydrogen-bond acceptors (Lipinski definition) is 6. The largest absolute Gasteiger partial charge is 0.497 e. The summed E-state index contributed by atoms with van der Waals surface area (Å²) >= 11 is 0. The van der Waals surface area contributed by atoms with Crippen LogP contribution in [0.15, 0.2) is 89.8 Å². The zero-order valence-electron chi connectivity index (χ0n) is 18.8. The highest BCUT2D eigenvalue weighted by molar-refractivity contribution is 7.89. The number of carbonyl (C=O) groups is 1. The van der Waals surface area contributed by atoms with Gasteiger partial charge in [0, 0.05) is 24.4 Å². The summed E-state index contributed by atoms with van der Waals surface area (Å²) in [7, 11) is -2.61. The number of nitro benzene ring substituents is 1. The monoisotopic (exact) mass is 493 g/mol. The van der Waals surface area contributed by atoms with Crippen LogP contribution < -0.4 is 10.1 Å². The number of rotatable bonds is 7. The summed E-state index contributed by atoms with van der Waals surface area (Å²) < 4.78 is 33.6. The predicted molar refractivity (Wildman–Crippen MR) is 130 cm³/mol. The van der Waals surface area contributed by atoms with Gasteiger partial charge < -0.3 is 10.1 Å². The van der Waals surface area contributed by atoms with E-state index in [2.05, 4.69) is 5.32 Å². The second-order valence-electron chi connectivity index (χ2n) is 7.87. The van der Waals surface area contributed by atoms with E-state index in [-0.39, 0.29) is 23.5 Å². The maximum atomic E-state index is 13.6. The minimum Gasteiger partial charge on any atom is -0.497 e. The number of benzene rings is 3. The van der Waals surface area contributed by atoms with Gasteiger partial charge in [0.25, 0.3) is 5.69 Å². The molecule has 0 aromatic heterocycles. The fraction of sp³-hybridized carbons (Fsp3) is 0.160. The highest BCUT2D eigenvalue weighted by Crippen LogP contribution is 2.26. The summed E-state index contributed by atoms with van der Waals surface area (Å²) in [6.45, 7) is -0.0725. The van der Waals surface area contributed by atoms with Gasteiger partial charge in [-0.05, 0) is 60.0 Å². The molecule has 0 saturated heterocycles. The lowest BCUT2D eigenvalue weighted by Crippen LogP contribution is -2.48. The Balaban J connectivity index is 1.73. The van der Waals surface area contributed by atoms with Crippen LogP contribution in [0.3, 0.4) is 0 Å². The molecule has 0 unspecified atom stereocenters. The Labute approximate surface area is 202 Å². The van der Waals surface area contributed by atoms with Gasteiger partial charge in [-0.2, -0.15) is 4.31 Å². The van der Waals surface area contributed by atoms with Crippen molar-refractivity contribution in [3.05, 3.63) is 106 Å². The number of sulfonamides is 1. The summed E-state index contributed by atoms with van der Waals surface area (Å²) in [5.41, 5.74) is 1.76. The lowest BCUT2D eigenvalue weighted by molar-refractivity contribution is -0.384. The first-order valence-corrected chi connectivity index (χ1v) is 12.2. The van der Waals surface area contributed by atoms with Crippen LogP contribution in [0.1, 0.15) is 11.1 Å². The molecule has 1 aliphatic rings. The molecular weight excluding hydrogens is 470 g/mol. The van der Waals surface area contributed by atoms with Gasteiger partial charge in [-0.15, -0.1) is 0 Å². The number of methoxy groups -OCH3 is 1. The third kappa shape index (κ3) is 5.23. The van der Waals surface area contributed by atoms with Crippen LogP contribution in [0.25, 0.3) is 5.70 Å². The molecule has 180 valence electrons. The van der Waals surface area contributed by atoms with E-state index in [1.54, 1.807) is 37.5 Å². The number of non-ortho nitro benzene ring substituents is 1. The van der Waals surface area contributed by atoms with Crippen LogP contribution in [0, 0.1) is 10.1 Å². The third-order valence-electron chi connectivity index (χ3n) is 5.71. The van der Waals surface area contributed by atoms with Crippen LogP contribution in [0.5, 0.6) is 5.75 Å². The van der Waals surface area contributed by atoms with Crippen molar-refractivity contribution in [2.24, 2.45) is 0 Å². The first-order chi connectivity index (χ1) is 16.8. The molecule has 0 saturated carbocycles. The molecule has 1 amide bonds. The van der Waals surface area contributed by atoms with Crippen LogP contribution in [-0.2, 0) is 21.2 Å². The lowest BCUT2D eigenvalue weighted by Gasteiger charge is -2.27. The topological polar surface area (TPSA) is 119 Å². The Bertz CT molecular complexity index is 1350. The molecule has 3 aromatic carbocycles. The van der Waals surface area contributed by atoms with Gasteiger partial charge in [-0.1, -0.05) is 30.3 Å². The maximum absolute atomic E-state index is 13.6. The highest BCUT2D eigenvalue weighted by Gasteiger charge is 2.37. The summed E-state index contributed by atoms with van der Waals surface area (Å²) in [6, 6.07) is 19.8. The van der Waals surface area contributed by atoms with Crippen molar-refractivity contribution in [3.8, 4) is 5.75 Å². The Morgan fingerprint density at radius 1 is 1.03 bits per heavy atom. The molecule has 1 atom stereocenters. The van der Waals surface area contributed by atoms with Crippen molar-refractivity contribution in [1.29, 1.82) is 0 Å². The molecule has 0 bridgehead atoms. The molecule has 9 nitrogen and oxygen atoms in total. The van der Waals surface area contributed by atoms with E-state index in [1.807, 2.05) is 30.3 Å². The first kappa shape index (κ1) is 24.1. The van der Waals surface area contributed by atoms with Crippen LogP contribution in [0.4, 0.5) is 5.69 Å². The second kappa shape index (κ2) is 10.1. The minimum atomic E-state index is -4.16. The standard InChI is InChI=1S/C25H23N3O6S/c1-34-21-11-7-19(8-12-21)23-15-16-27(24(25(29)26-23)17-18-5-3-2-4-6-18)35(32,33)22-13-9-20(10-14-22)28(30)31/h2-15,24H,16-17H2,1H3,(H,26,29)/t24-/m0/s1. The van der Waals surface area contributed by atoms with E-state index >= 15 is 0 Å². The number of hydrogen-bond donors (Lipinski definition) is 1. The molecule has 0 spiro atoms. The number of nitrogens with zero attached hydrogens (tertiary/aromatic N) is 2. The van der Waals surface area contributed by atoms with Crippen LogP contribution >= 0.6 is 0 Å². The van der Waals surface area contributed by atoms with Crippen molar-refractivity contribution in [1.82, 2.24) is 9.62 Å².